The number of aryl methyl sites for hydroxylation is 1. The molecule has 2 aliphatic heterocycles. The molecular formula is C21H21N3O2. The first-order valence-electron chi connectivity index (χ1n) is 9.33. The van der Waals surface area contributed by atoms with Gasteiger partial charge in [0.25, 0.3) is 5.56 Å². The second kappa shape index (κ2) is 6.02. The van der Waals surface area contributed by atoms with E-state index in [-0.39, 0.29) is 11.2 Å². The van der Waals surface area contributed by atoms with Crippen LogP contribution in [0.5, 0.6) is 0 Å². The van der Waals surface area contributed by atoms with Crippen LogP contribution in [-0.2, 0) is 17.7 Å². The lowest BCUT2D eigenvalue weighted by Crippen LogP contribution is -2.29. The molecular weight excluding hydrogens is 326 g/mol. The summed E-state index contributed by atoms with van der Waals surface area (Å²) in [5.74, 6) is 0.882. The minimum atomic E-state index is -0.0502. The average Bonchev–Trinajstić information content (AvgIpc) is 3.07. The third-order valence-corrected chi connectivity index (χ3v) is 5.78. The minimum Gasteiger partial charge on any atom is -0.375 e. The van der Waals surface area contributed by atoms with Gasteiger partial charge in [-0.2, -0.15) is 0 Å². The van der Waals surface area contributed by atoms with Gasteiger partial charge in [-0.1, -0.05) is 12.1 Å². The Balaban J connectivity index is 1.60. The van der Waals surface area contributed by atoms with Gasteiger partial charge in [0.2, 0.25) is 0 Å². The zero-order chi connectivity index (χ0) is 17.6. The van der Waals surface area contributed by atoms with Crippen LogP contribution in [0.25, 0.3) is 22.2 Å². The molecule has 132 valence electrons. The van der Waals surface area contributed by atoms with E-state index in [4.69, 9.17) is 9.72 Å². The van der Waals surface area contributed by atoms with Crippen molar-refractivity contribution in [3.8, 4) is 11.3 Å². The van der Waals surface area contributed by atoms with Crippen LogP contribution in [0.2, 0.25) is 0 Å². The highest BCUT2D eigenvalue weighted by molar-refractivity contribution is 5.83. The topological polar surface area (TPSA) is 57.0 Å². The molecule has 5 rings (SSSR count). The van der Waals surface area contributed by atoms with Gasteiger partial charge in [0.1, 0.15) is 5.82 Å². The molecule has 1 aromatic carbocycles. The third-order valence-electron chi connectivity index (χ3n) is 5.78. The van der Waals surface area contributed by atoms with Crippen molar-refractivity contribution in [1.29, 1.82) is 0 Å². The van der Waals surface area contributed by atoms with Crippen molar-refractivity contribution < 1.29 is 4.74 Å². The van der Waals surface area contributed by atoms with Gasteiger partial charge in [-0.3, -0.25) is 14.3 Å². The highest BCUT2D eigenvalue weighted by atomic mass is 16.5. The predicted molar refractivity (Wildman–Crippen MR) is 100 cm³/mol. The normalized spacial score (nSPS) is 22.5. The Bertz CT molecular complexity index is 1020. The van der Waals surface area contributed by atoms with Crippen LogP contribution in [0.4, 0.5) is 0 Å². The molecule has 0 radical (unpaired) electrons. The molecule has 26 heavy (non-hydrogen) atoms. The fraction of sp³-hybridized carbons (Fsp3) is 0.381. The van der Waals surface area contributed by atoms with Crippen molar-refractivity contribution in [2.45, 2.75) is 44.2 Å². The van der Waals surface area contributed by atoms with Crippen LogP contribution in [0.15, 0.2) is 47.4 Å². The Morgan fingerprint density at radius 2 is 2.08 bits per heavy atom. The second-order valence-electron chi connectivity index (χ2n) is 7.32. The van der Waals surface area contributed by atoms with E-state index in [1.165, 1.54) is 0 Å². The zero-order valence-electron chi connectivity index (χ0n) is 14.6. The SMILES string of the molecule is O=c1c2ccc(-c3ccccn3)cc2nc2n1CCC1(CCCO1)CC2. The van der Waals surface area contributed by atoms with E-state index in [0.29, 0.717) is 11.9 Å². The zero-order valence-corrected chi connectivity index (χ0v) is 14.6. The van der Waals surface area contributed by atoms with Gasteiger partial charge in [0, 0.05) is 31.3 Å². The Hall–Kier alpha value is -2.53. The summed E-state index contributed by atoms with van der Waals surface area (Å²) in [7, 11) is 0. The quantitative estimate of drug-likeness (QED) is 0.677. The molecule has 3 aromatic rings. The van der Waals surface area contributed by atoms with Gasteiger partial charge in [0.05, 0.1) is 22.2 Å². The number of pyridine rings is 1. The fourth-order valence-electron chi connectivity index (χ4n) is 4.31. The molecule has 0 aliphatic carbocycles. The molecule has 1 unspecified atom stereocenters. The van der Waals surface area contributed by atoms with Gasteiger partial charge in [-0.05, 0) is 49.9 Å². The van der Waals surface area contributed by atoms with Crippen LogP contribution >= 0.6 is 0 Å². The first-order chi connectivity index (χ1) is 12.7. The summed E-state index contributed by atoms with van der Waals surface area (Å²) in [6.07, 6.45) is 6.63. The molecule has 0 saturated carbocycles. The number of hydrogen-bond acceptors (Lipinski definition) is 4. The molecule has 5 nitrogen and oxygen atoms in total. The molecule has 0 bridgehead atoms. The number of benzene rings is 1. The van der Waals surface area contributed by atoms with Crippen LogP contribution in [0.3, 0.4) is 0 Å². The summed E-state index contributed by atoms with van der Waals surface area (Å²) in [5, 5.41) is 0.678. The van der Waals surface area contributed by atoms with Crippen LogP contribution in [0, 0.1) is 0 Å². The maximum absolute atomic E-state index is 13.0. The largest absolute Gasteiger partial charge is 0.375 e. The molecule has 5 heteroatoms. The number of nitrogens with zero attached hydrogens (tertiary/aromatic N) is 3. The van der Waals surface area contributed by atoms with Crippen molar-refractivity contribution in [2.75, 3.05) is 6.61 Å². The number of ether oxygens (including phenoxy) is 1. The van der Waals surface area contributed by atoms with Crippen molar-refractivity contribution in [3.05, 3.63) is 58.8 Å². The van der Waals surface area contributed by atoms with E-state index in [0.717, 1.165) is 61.3 Å². The van der Waals surface area contributed by atoms with Crippen molar-refractivity contribution >= 4 is 10.9 Å². The van der Waals surface area contributed by atoms with E-state index in [1.807, 2.05) is 41.0 Å². The minimum absolute atomic E-state index is 0.0502. The predicted octanol–water partition coefficient (Wildman–Crippen LogP) is 3.34. The van der Waals surface area contributed by atoms with Gasteiger partial charge >= 0.3 is 0 Å². The van der Waals surface area contributed by atoms with E-state index < -0.39 is 0 Å². The molecule has 4 heterocycles. The summed E-state index contributed by atoms with van der Waals surface area (Å²) >= 11 is 0. The molecule has 1 atom stereocenters. The maximum atomic E-state index is 13.0. The Morgan fingerprint density at radius 1 is 1.12 bits per heavy atom. The standard InChI is InChI=1S/C21H21N3O2/c25-20-16-6-5-15(17-4-1-2-11-22-17)14-18(16)23-19-7-9-21(8-3-13-26-21)10-12-24(19)20/h1-2,4-6,11,14H,3,7-10,12-13H2. The lowest BCUT2D eigenvalue weighted by atomic mass is 9.91. The molecule has 1 saturated heterocycles. The molecule has 2 aromatic heterocycles. The van der Waals surface area contributed by atoms with Crippen molar-refractivity contribution in [1.82, 2.24) is 14.5 Å². The molecule has 0 amide bonds. The van der Waals surface area contributed by atoms with Gasteiger partial charge in [-0.15, -0.1) is 0 Å². The summed E-state index contributed by atoms with van der Waals surface area (Å²) in [6.45, 7) is 1.53. The van der Waals surface area contributed by atoms with Crippen LogP contribution in [-0.4, -0.2) is 26.7 Å². The number of rotatable bonds is 1. The molecule has 1 spiro atoms. The highest BCUT2D eigenvalue weighted by Crippen LogP contribution is 2.36. The lowest BCUT2D eigenvalue weighted by Gasteiger charge is -2.25. The maximum Gasteiger partial charge on any atom is 0.261 e. The second-order valence-corrected chi connectivity index (χ2v) is 7.32. The Kier molecular flexibility index (Phi) is 3.64. The van der Waals surface area contributed by atoms with Gasteiger partial charge in [-0.25, -0.2) is 4.98 Å². The van der Waals surface area contributed by atoms with E-state index in [1.54, 1.807) is 6.20 Å². The number of hydrogen-bond donors (Lipinski definition) is 0. The van der Waals surface area contributed by atoms with Crippen LogP contribution in [0.1, 0.15) is 31.5 Å². The van der Waals surface area contributed by atoms with E-state index >= 15 is 0 Å². The fourth-order valence-corrected chi connectivity index (χ4v) is 4.31. The summed E-state index contributed by atoms with van der Waals surface area (Å²) in [4.78, 5) is 22.3. The third kappa shape index (κ3) is 2.54. The summed E-state index contributed by atoms with van der Waals surface area (Å²) in [5.41, 5.74) is 2.65. The summed E-state index contributed by atoms with van der Waals surface area (Å²) < 4.78 is 7.92. The molecule has 1 fully saturated rings. The Labute approximate surface area is 151 Å². The number of aromatic nitrogens is 3. The average molecular weight is 347 g/mol. The molecule has 2 aliphatic rings. The first kappa shape index (κ1) is 15.7. The lowest BCUT2D eigenvalue weighted by molar-refractivity contribution is -0.00907. The van der Waals surface area contributed by atoms with Crippen molar-refractivity contribution in [2.24, 2.45) is 0 Å². The van der Waals surface area contributed by atoms with Gasteiger partial charge < -0.3 is 4.74 Å². The molecule has 0 N–H and O–H groups in total. The first-order valence-corrected chi connectivity index (χ1v) is 9.33. The van der Waals surface area contributed by atoms with E-state index in [9.17, 15) is 4.79 Å². The smallest absolute Gasteiger partial charge is 0.261 e. The number of fused-ring (bicyclic) bond motifs is 2. The van der Waals surface area contributed by atoms with Crippen molar-refractivity contribution in [3.63, 3.8) is 0 Å². The van der Waals surface area contributed by atoms with E-state index in [2.05, 4.69) is 4.98 Å². The highest BCUT2D eigenvalue weighted by Gasteiger charge is 2.37. The monoisotopic (exact) mass is 347 g/mol. The van der Waals surface area contributed by atoms with Gasteiger partial charge in [0.15, 0.2) is 0 Å². The Morgan fingerprint density at radius 3 is 2.88 bits per heavy atom. The summed E-state index contributed by atoms with van der Waals surface area (Å²) in [6, 6.07) is 11.7. The van der Waals surface area contributed by atoms with Crippen LogP contribution < -0.4 is 5.56 Å².